The maximum Gasteiger partial charge on any atom is 0.410 e. The molecule has 0 aliphatic carbocycles. The van der Waals surface area contributed by atoms with Crippen molar-refractivity contribution in [2.75, 3.05) is 31.1 Å². The predicted molar refractivity (Wildman–Crippen MR) is 99.1 cm³/mol. The molecule has 1 aromatic carbocycles. The first-order chi connectivity index (χ1) is 12.8. The highest BCUT2D eigenvalue weighted by Crippen LogP contribution is 2.26. The zero-order chi connectivity index (χ0) is 19.6. The normalized spacial score (nSPS) is 15.1. The van der Waals surface area contributed by atoms with Crippen LogP contribution >= 0.6 is 0 Å². The van der Waals surface area contributed by atoms with E-state index < -0.39 is 5.60 Å². The number of hydrogen-bond donors (Lipinski definition) is 0. The van der Waals surface area contributed by atoms with Crippen LogP contribution in [0.25, 0.3) is 11.4 Å². The number of nitrogens with zero attached hydrogens (tertiary/aromatic N) is 4. The van der Waals surface area contributed by atoms with E-state index in [1.54, 1.807) is 17.0 Å². The fourth-order valence-corrected chi connectivity index (χ4v) is 2.87. The molecule has 2 aromatic rings. The minimum absolute atomic E-state index is 0.332. The molecule has 7 nitrogen and oxygen atoms in total. The van der Waals surface area contributed by atoms with Gasteiger partial charge in [0.1, 0.15) is 11.4 Å². The van der Waals surface area contributed by atoms with E-state index in [2.05, 4.69) is 10.1 Å². The van der Waals surface area contributed by atoms with Gasteiger partial charge in [0.15, 0.2) is 0 Å². The lowest BCUT2D eigenvalue weighted by Crippen LogP contribution is -2.50. The number of ether oxygens (including phenoxy) is 1. The molecule has 2 heterocycles. The van der Waals surface area contributed by atoms with Crippen molar-refractivity contribution in [3.8, 4) is 11.4 Å². The molecular formula is C19H25FN4O3. The van der Waals surface area contributed by atoms with Gasteiger partial charge in [0.2, 0.25) is 11.7 Å². The van der Waals surface area contributed by atoms with Crippen LogP contribution in [0.15, 0.2) is 22.7 Å². The molecule has 1 aromatic heterocycles. The first kappa shape index (κ1) is 19.1. The number of hydrogen-bond acceptors (Lipinski definition) is 6. The minimum atomic E-state index is -0.525. The van der Waals surface area contributed by atoms with Gasteiger partial charge in [-0.05, 0) is 39.0 Å². The van der Waals surface area contributed by atoms with E-state index in [-0.39, 0.29) is 11.9 Å². The predicted octanol–water partition coefficient (Wildman–Crippen LogP) is 3.50. The third-order valence-corrected chi connectivity index (χ3v) is 4.25. The minimum Gasteiger partial charge on any atom is -0.444 e. The molecule has 1 saturated heterocycles. The number of aromatic nitrogens is 2. The molecule has 1 fully saturated rings. The average molecular weight is 376 g/mol. The van der Waals surface area contributed by atoms with E-state index in [0.717, 1.165) is 0 Å². The highest BCUT2D eigenvalue weighted by atomic mass is 19.1. The number of carbonyl (C=O) groups is 1. The summed E-state index contributed by atoms with van der Waals surface area (Å²) in [7, 11) is 0. The molecule has 0 saturated carbocycles. The number of amides is 1. The van der Waals surface area contributed by atoms with E-state index in [4.69, 9.17) is 9.26 Å². The monoisotopic (exact) mass is 376 g/mol. The van der Waals surface area contributed by atoms with Crippen molar-refractivity contribution in [1.82, 2.24) is 15.0 Å². The van der Waals surface area contributed by atoms with Crippen molar-refractivity contribution in [3.63, 3.8) is 0 Å². The Labute approximate surface area is 158 Å². The van der Waals surface area contributed by atoms with E-state index in [9.17, 15) is 9.18 Å². The Hall–Kier alpha value is -2.64. The number of benzene rings is 1. The summed E-state index contributed by atoms with van der Waals surface area (Å²) in [6.45, 7) is 9.48. The Bertz CT molecular complexity index is 808. The SMILES string of the molecule is CCc1nc(-c2ccc(N3CCN(C(=O)OC(C)(C)C)CC3)c(F)c2)no1. The van der Waals surface area contributed by atoms with Crippen molar-refractivity contribution >= 4 is 11.8 Å². The number of anilines is 1. The second kappa shape index (κ2) is 7.54. The molecule has 0 radical (unpaired) electrons. The standard InChI is InChI=1S/C19H25FN4O3/c1-5-16-21-17(22-27-16)13-6-7-15(14(20)12-13)23-8-10-24(11-9-23)18(25)26-19(2,3)4/h6-7,12H,5,8-11H2,1-4H3. The van der Waals surface area contributed by atoms with Gasteiger partial charge in [-0.25, -0.2) is 9.18 Å². The fourth-order valence-electron chi connectivity index (χ4n) is 2.87. The van der Waals surface area contributed by atoms with Crippen molar-refractivity contribution in [3.05, 3.63) is 29.9 Å². The van der Waals surface area contributed by atoms with Crippen LogP contribution in [-0.4, -0.2) is 52.9 Å². The van der Waals surface area contributed by atoms with Crippen LogP contribution in [-0.2, 0) is 11.2 Å². The van der Waals surface area contributed by atoms with Crippen LogP contribution in [0.4, 0.5) is 14.9 Å². The summed E-state index contributed by atoms with van der Waals surface area (Å²) in [5.74, 6) is 0.556. The smallest absolute Gasteiger partial charge is 0.410 e. The number of carbonyl (C=O) groups excluding carboxylic acids is 1. The van der Waals surface area contributed by atoms with Crippen LogP contribution in [0.1, 0.15) is 33.6 Å². The van der Waals surface area contributed by atoms with E-state index in [1.165, 1.54) is 6.07 Å². The zero-order valence-corrected chi connectivity index (χ0v) is 16.2. The third kappa shape index (κ3) is 4.56. The molecule has 146 valence electrons. The van der Waals surface area contributed by atoms with Crippen molar-refractivity contribution in [2.45, 2.75) is 39.7 Å². The molecule has 8 heteroatoms. The molecule has 1 amide bonds. The maximum atomic E-state index is 14.7. The number of halogens is 1. The Kier molecular flexibility index (Phi) is 5.34. The van der Waals surface area contributed by atoms with Gasteiger partial charge in [0.25, 0.3) is 0 Å². The summed E-state index contributed by atoms with van der Waals surface area (Å²) in [6, 6.07) is 4.92. The van der Waals surface area contributed by atoms with E-state index >= 15 is 0 Å². The van der Waals surface area contributed by atoms with Crippen molar-refractivity contribution < 1.29 is 18.4 Å². The highest BCUT2D eigenvalue weighted by molar-refractivity contribution is 5.69. The Morgan fingerprint density at radius 1 is 1.26 bits per heavy atom. The van der Waals surface area contributed by atoms with Crippen LogP contribution in [0.5, 0.6) is 0 Å². The summed E-state index contributed by atoms with van der Waals surface area (Å²) in [6.07, 6.45) is 0.303. The molecule has 0 spiro atoms. The van der Waals surface area contributed by atoms with Crippen LogP contribution in [0, 0.1) is 5.82 Å². The number of piperazine rings is 1. The van der Waals surface area contributed by atoms with Crippen LogP contribution < -0.4 is 4.90 Å². The lowest BCUT2D eigenvalue weighted by molar-refractivity contribution is 0.0240. The van der Waals surface area contributed by atoms with E-state index in [1.807, 2.05) is 32.6 Å². The van der Waals surface area contributed by atoms with Gasteiger partial charge in [0.05, 0.1) is 5.69 Å². The second-order valence-electron chi connectivity index (χ2n) is 7.49. The number of aryl methyl sites for hydroxylation is 1. The van der Waals surface area contributed by atoms with Crippen molar-refractivity contribution in [1.29, 1.82) is 0 Å². The van der Waals surface area contributed by atoms with Gasteiger partial charge in [-0.15, -0.1) is 0 Å². The Balaban J connectivity index is 1.65. The zero-order valence-electron chi connectivity index (χ0n) is 16.2. The average Bonchev–Trinajstić information content (AvgIpc) is 3.09. The molecule has 1 aliphatic rings. The van der Waals surface area contributed by atoms with Gasteiger partial charge in [-0.3, -0.25) is 0 Å². The van der Waals surface area contributed by atoms with Gasteiger partial charge in [-0.1, -0.05) is 12.1 Å². The number of rotatable bonds is 3. The summed E-state index contributed by atoms with van der Waals surface area (Å²) in [5, 5.41) is 3.87. The molecule has 3 rings (SSSR count). The molecular weight excluding hydrogens is 351 g/mol. The fraction of sp³-hybridized carbons (Fsp3) is 0.526. The summed E-state index contributed by atoms with van der Waals surface area (Å²) >= 11 is 0. The lowest BCUT2D eigenvalue weighted by Gasteiger charge is -2.36. The third-order valence-electron chi connectivity index (χ3n) is 4.25. The van der Waals surface area contributed by atoms with Crippen LogP contribution in [0.2, 0.25) is 0 Å². The molecule has 0 unspecified atom stereocenters. The Morgan fingerprint density at radius 3 is 2.52 bits per heavy atom. The largest absolute Gasteiger partial charge is 0.444 e. The van der Waals surface area contributed by atoms with Gasteiger partial charge in [0, 0.05) is 38.2 Å². The van der Waals surface area contributed by atoms with Gasteiger partial charge >= 0.3 is 6.09 Å². The lowest BCUT2D eigenvalue weighted by atomic mass is 10.1. The maximum absolute atomic E-state index is 14.7. The van der Waals surface area contributed by atoms with Crippen molar-refractivity contribution in [2.24, 2.45) is 0 Å². The molecule has 27 heavy (non-hydrogen) atoms. The van der Waals surface area contributed by atoms with E-state index in [0.29, 0.717) is 55.6 Å². The summed E-state index contributed by atoms with van der Waals surface area (Å²) < 4.78 is 25.1. The first-order valence-electron chi connectivity index (χ1n) is 9.12. The molecule has 0 N–H and O–H groups in total. The quantitative estimate of drug-likeness (QED) is 0.817. The Morgan fingerprint density at radius 2 is 1.96 bits per heavy atom. The first-order valence-corrected chi connectivity index (χ1v) is 9.12. The second-order valence-corrected chi connectivity index (χ2v) is 7.49. The van der Waals surface area contributed by atoms with Gasteiger partial charge in [-0.2, -0.15) is 4.98 Å². The summed E-state index contributed by atoms with van der Waals surface area (Å²) in [5.41, 5.74) is 0.553. The van der Waals surface area contributed by atoms with Gasteiger partial charge < -0.3 is 19.1 Å². The molecule has 0 bridgehead atoms. The summed E-state index contributed by atoms with van der Waals surface area (Å²) in [4.78, 5) is 19.9. The van der Waals surface area contributed by atoms with Crippen LogP contribution in [0.3, 0.4) is 0 Å². The highest BCUT2D eigenvalue weighted by Gasteiger charge is 2.27. The topological polar surface area (TPSA) is 71.7 Å². The molecule has 0 atom stereocenters. The molecule has 1 aliphatic heterocycles.